The Balaban J connectivity index is 1.43. The number of hydrogen-bond acceptors (Lipinski definition) is 5. The summed E-state index contributed by atoms with van der Waals surface area (Å²) < 4.78 is 18.3. The molecule has 0 bridgehead atoms. The van der Waals surface area contributed by atoms with Crippen molar-refractivity contribution in [3.63, 3.8) is 0 Å². The normalized spacial score (nSPS) is 10.9. The maximum atomic E-state index is 6.13. The van der Waals surface area contributed by atoms with Gasteiger partial charge in [-0.2, -0.15) is 0 Å². The molecule has 0 radical (unpaired) electrons. The average molecular weight is 492 g/mol. The van der Waals surface area contributed by atoms with Gasteiger partial charge in [-0.1, -0.05) is 109 Å². The van der Waals surface area contributed by atoms with E-state index in [4.69, 9.17) is 25.5 Å². The molecule has 0 heterocycles. The predicted molar refractivity (Wildman–Crippen MR) is 154 cm³/mol. The lowest BCUT2D eigenvalue weighted by Gasteiger charge is -2.16. The minimum atomic E-state index is -0.162. The van der Waals surface area contributed by atoms with Crippen molar-refractivity contribution in [2.75, 3.05) is 26.3 Å². The first-order chi connectivity index (χ1) is 18.3. The zero-order valence-electron chi connectivity index (χ0n) is 21.2. The molecule has 0 saturated heterocycles. The van der Waals surface area contributed by atoms with Crippen LogP contribution in [-0.2, 0) is 27.3 Å². The highest BCUT2D eigenvalue weighted by Gasteiger charge is 2.22. The Bertz CT molecular complexity index is 1120. The van der Waals surface area contributed by atoms with Crippen molar-refractivity contribution in [1.29, 1.82) is 0 Å². The van der Waals surface area contributed by atoms with Crippen LogP contribution in [0.1, 0.15) is 11.1 Å². The van der Waals surface area contributed by atoms with Crippen molar-refractivity contribution in [2.45, 2.75) is 13.2 Å². The number of rotatable bonds is 14. The maximum absolute atomic E-state index is 6.13. The first-order valence-electron chi connectivity index (χ1n) is 12.8. The second kappa shape index (κ2) is 14.5. The van der Waals surface area contributed by atoms with Crippen LogP contribution < -0.4 is 33.3 Å². The van der Waals surface area contributed by atoms with E-state index in [1.165, 1.54) is 0 Å². The van der Waals surface area contributed by atoms with Gasteiger partial charge in [-0.3, -0.25) is 0 Å². The summed E-state index contributed by atoms with van der Waals surface area (Å²) in [7, 11) is 0. The minimum Gasteiger partial charge on any atom is -0.426 e. The molecule has 0 aliphatic carbocycles. The van der Waals surface area contributed by atoms with Gasteiger partial charge in [0.25, 0.3) is 0 Å². The zero-order valence-corrected chi connectivity index (χ0v) is 21.2. The Morgan fingerprint density at radius 2 is 0.892 bits per heavy atom. The fourth-order valence-corrected chi connectivity index (χ4v) is 4.38. The number of benzene rings is 4. The zero-order chi connectivity index (χ0) is 25.7. The molecule has 4 aromatic carbocycles. The van der Waals surface area contributed by atoms with Gasteiger partial charge in [-0.15, -0.1) is 0 Å². The van der Waals surface area contributed by atoms with Crippen LogP contribution in [-0.4, -0.2) is 40.1 Å². The van der Waals surface area contributed by atoms with Gasteiger partial charge in [-0.25, -0.2) is 0 Å². The average Bonchev–Trinajstić information content (AvgIpc) is 2.95. The molecule has 0 amide bonds. The summed E-state index contributed by atoms with van der Waals surface area (Å²) in [5.74, 6) is 0. The molecule has 0 aliphatic heterocycles. The topological polar surface area (TPSA) is 79.7 Å². The quantitative estimate of drug-likeness (QED) is 0.262. The highest BCUT2D eigenvalue weighted by atomic mass is 16.5. The van der Waals surface area contributed by atoms with Crippen LogP contribution in [0.4, 0.5) is 0 Å². The van der Waals surface area contributed by atoms with Gasteiger partial charge < -0.3 is 25.5 Å². The molecule has 0 fully saturated rings. The first kappa shape index (κ1) is 26.9. The Morgan fingerprint density at radius 1 is 0.486 bits per heavy atom. The van der Waals surface area contributed by atoms with Crippen molar-refractivity contribution in [1.82, 2.24) is 0 Å². The second-order valence-corrected chi connectivity index (χ2v) is 8.88. The van der Waals surface area contributed by atoms with Gasteiger partial charge >= 0.3 is 13.8 Å². The molecule has 5 nitrogen and oxygen atoms in total. The molecule has 0 spiro atoms. The number of hydrogen-bond donors (Lipinski definition) is 2. The lowest BCUT2D eigenvalue weighted by atomic mass is 9.55. The molecule has 0 saturated carbocycles. The van der Waals surface area contributed by atoms with E-state index in [1.54, 1.807) is 0 Å². The second-order valence-electron chi connectivity index (χ2n) is 8.88. The third kappa shape index (κ3) is 7.89. The number of nitrogens with two attached hydrogens (primary N) is 2. The van der Waals surface area contributed by atoms with Crippen LogP contribution in [0.25, 0.3) is 0 Å². The van der Waals surface area contributed by atoms with Crippen molar-refractivity contribution >= 4 is 35.7 Å². The highest BCUT2D eigenvalue weighted by molar-refractivity contribution is 6.80. The molecule has 0 aliphatic rings. The maximum Gasteiger partial charge on any atom is 0.361 e. The third-order valence-corrected chi connectivity index (χ3v) is 6.05. The molecular formula is C30H34B2N2O3. The summed E-state index contributed by atoms with van der Waals surface area (Å²) in [4.78, 5) is 0. The van der Waals surface area contributed by atoms with Gasteiger partial charge in [0.15, 0.2) is 0 Å². The van der Waals surface area contributed by atoms with Gasteiger partial charge in [0.05, 0.1) is 13.2 Å². The van der Waals surface area contributed by atoms with E-state index in [0.29, 0.717) is 39.5 Å². The Kier molecular flexibility index (Phi) is 10.5. The Labute approximate surface area is 221 Å². The van der Waals surface area contributed by atoms with Crippen molar-refractivity contribution in [2.24, 2.45) is 11.5 Å². The van der Waals surface area contributed by atoms with E-state index >= 15 is 0 Å². The Morgan fingerprint density at radius 3 is 1.30 bits per heavy atom. The standard InChI is InChI=1S/C30H34B2N2O3/c33-17-19-36-31(27-11-3-1-4-12-27)29-15-7-9-25(21-29)23-35-24-26-10-8-16-30(22-26)32(37-20-18-34)28-13-5-2-6-14-28/h1-16,21-22H,17-20,23-24,33-34H2. The molecule has 4 aromatic rings. The van der Waals surface area contributed by atoms with Gasteiger partial charge in [0.2, 0.25) is 0 Å². The van der Waals surface area contributed by atoms with E-state index in [0.717, 1.165) is 33.0 Å². The number of ether oxygens (including phenoxy) is 1. The summed E-state index contributed by atoms with van der Waals surface area (Å²) in [5.41, 5.74) is 18.0. The van der Waals surface area contributed by atoms with E-state index in [-0.39, 0.29) is 13.8 Å². The molecule has 4 rings (SSSR count). The molecule has 188 valence electrons. The summed E-state index contributed by atoms with van der Waals surface area (Å²) in [6, 6.07) is 37.2. The minimum absolute atomic E-state index is 0.162. The summed E-state index contributed by atoms with van der Waals surface area (Å²) >= 11 is 0. The van der Waals surface area contributed by atoms with Crippen LogP contribution >= 0.6 is 0 Å². The SMILES string of the molecule is NCCOB(c1ccccc1)c1cccc(COCc2cccc(B(OCCN)c3ccccc3)c2)c1. The van der Waals surface area contributed by atoms with Crippen molar-refractivity contribution in [3.05, 3.63) is 120 Å². The molecule has 4 N–H and O–H groups in total. The lowest BCUT2D eigenvalue weighted by molar-refractivity contribution is 0.107. The Hall–Kier alpha value is -3.19. The summed E-state index contributed by atoms with van der Waals surface area (Å²) in [6.07, 6.45) is 0. The summed E-state index contributed by atoms with van der Waals surface area (Å²) in [5, 5.41) is 0. The highest BCUT2D eigenvalue weighted by Crippen LogP contribution is 2.07. The lowest BCUT2D eigenvalue weighted by Crippen LogP contribution is -2.46. The van der Waals surface area contributed by atoms with Gasteiger partial charge in [-0.05, 0) is 33.0 Å². The van der Waals surface area contributed by atoms with Crippen LogP contribution in [0, 0.1) is 0 Å². The van der Waals surface area contributed by atoms with Gasteiger partial charge in [0, 0.05) is 26.3 Å². The van der Waals surface area contributed by atoms with Crippen LogP contribution in [0.3, 0.4) is 0 Å². The molecule has 0 atom stereocenters. The summed E-state index contributed by atoms with van der Waals surface area (Å²) in [6.45, 7) is 2.63. The van der Waals surface area contributed by atoms with Crippen LogP contribution in [0.2, 0.25) is 0 Å². The largest absolute Gasteiger partial charge is 0.426 e. The molecule has 0 aromatic heterocycles. The smallest absolute Gasteiger partial charge is 0.361 e. The monoisotopic (exact) mass is 492 g/mol. The van der Waals surface area contributed by atoms with Crippen molar-refractivity contribution in [3.8, 4) is 0 Å². The van der Waals surface area contributed by atoms with Crippen molar-refractivity contribution < 1.29 is 14.0 Å². The van der Waals surface area contributed by atoms with Crippen LogP contribution in [0.5, 0.6) is 0 Å². The molecule has 7 heteroatoms. The first-order valence-corrected chi connectivity index (χ1v) is 12.8. The fourth-order valence-electron chi connectivity index (χ4n) is 4.38. The third-order valence-electron chi connectivity index (χ3n) is 6.05. The van der Waals surface area contributed by atoms with Crippen LogP contribution in [0.15, 0.2) is 109 Å². The fraction of sp³-hybridized carbons (Fsp3) is 0.200. The molecule has 37 heavy (non-hydrogen) atoms. The predicted octanol–water partition coefficient (Wildman–Crippen LogP) is 1.57. The van der Waals surface area contributed by atoms with Gasteiger partial charge in [0.1, 0.15) is 0 Å². The van der Waals surface area contributed by atoms with E-state index in [2.05, 4.69) is 72.8 Å². The van der Waals surface area contributed by atoms with E-state index < -0.39 is 0 Å². The van der Waals surface area contributed by atoms with E-state index in [1.807, 2.05) is 36.4 Å². The molecule has 0 unspecified atom stereocenters. The van der Waals surface area contributed by atoms with E-state index in [9.17, 15) is 0 Å². The molecular weight excluding hydrogens is 458 g/mol.